The summed E-state index contributed by atoms with van der Waals surface area (Å²) in [4.78, 5) is 16.9. The Morgan fingerprint density at radius 3 is 2.50 bits per heavy atom. The largest absolute Gasteiger partial charge is 0.508 e. The molecule has 0 aliphatic carbocycles. The van der Waals surface area contributed by atoms with Crippen LogP contribution in [0.25, 0.3) is 16.6 Å². The van der Waals surface area contributed by atoms with Gasteiger partial charge in [-0.3, -0.25) is 9.36 Å². The van der Waals surface area contributed by atoms with Crippen molar-refractivity contribution in [2.75, 3.05) is 25.1 Å². The number of aromatic hydroxyl groups is 1. The number of rotatable bonds is 5. The van der Waals surface area contributed by atoms with Crippen LogP contribution in [-0.2, 0) is 6.54 Å². The number of fused-ring (bicyclic) bond motifs is 1. The standard InChI is InChI=1S/C20H26N6O2/c1-9-6-7-13(27)10(2)16(9)26-17-12(8-23-4)20(24-5)25-11(3)14(17)15(18(26)21)19(22)28/h6-7,23,27H,8,21H2,1-5H3,(H2,22,28)(H,24,25). The Labute approximate surface area is 163 Å². The van der Waals surface area contributed by atoms with E-state index >= 15 is 0 Å². The molecule has 2 aromatic heterocycles. The van der Waals surface area contributed by atoms with E-state index in [1.165, 1.54) is 0 Å². The van der Waals surface area contributed by atoms with Gasteiger partial charge in [-0.2, -0.15) is 0 Å². The molecule has 0 aliphatic heterocycles. The van der Waals surface area contributed by atoms with Crippen molar-refractivity contribution in [3.63, 3.8) is 0 Å². The van der Waals surface area contributed by atoms with E-state index < -0.39 is 5.91 Å². The molecule has 0 saturated heterocycles. The van der Waals surface area contributed by atoms with Gasteiger partial charge in [-0.15, -0.1) is 0 Å². The van der Waals surface area contributed by atoms with Gasteiger partial charge in [0.05, 0.1) is 16.8 Å². The van der Waals surface area contributed by atoms with Gasteiger partial charge >= 0.3 is 0 Å². The van der Waals surface area contributed by atoms with Crippen LogP contribution in [0.4, 0.5) is 11.6 Å². The van der Waals surface area contributed by atoms with E-state index in [9.17, 15) is 9.90 Å². The van der Waals surface area contributed by atoms with E-state index in [2.05, 4.69) is 15.6 Å². The van der Waals surface area contributed by atoms with Gasteiger partial charge in [-0.1, -0.05) is 6.07 Å². The smallest absolute Gasteiger partial charge is 0.253 e. The SMILES string of the molecule is CNCc1c(NC)nc(C)c2c(C(N)=O)c(N)n(-c3c(C)ccc(O)c3C)c12. The number of nitrogens with zero attached hydrogens (tertiary/aromatic N) is 2. The first-order valence-electron chi connectivity index (χ1n) is 8.99. The lowest BCUT2D eigenvalue weighted by Crippen LogP contribution is -2.14. The number of aryl methyl sites for hydroxylation is 2. The Morgan fingerprint density at radius 2 is 1.93 bits per heavy atom. The first-order chi connectivity index (χ1) is 13.2. The summed E-state index contributed by atoms with van der Waals surface area (Å²) < 4.78 is 1.81. The molecule has 3 rings (SSSR count). The molecule has 2 heterocycles. The Balaban J connectivity index is 2.64. The molecule has 3 aromatic rings. The summed E-state index contributed by atoms with van der Waals surface area (Å²) in [6.45, 7) is 6.07. The number of aromatic nitrogens is 2. The van der Waals surface area contributed by atoms with E-state index in [1.807, 2.05) is 38.5 Å². The number of amides is 1. The summed E-state index contributed by atoms with van der Waals surface area (Å²) in [5, 5.41) is 17.2. The van der Waals surface area contributed by atoms with Crippen LogP contribution in [-0.4, -0.2) is 34.7 Å². The molecular formula is C20H26N6O2. The molecule has 1 amide bonds. The number of carbonyl (C=O) groups excluding carboxylic acids is 1. The zero-order valence-corrected chi connectivity index (χ0v) is 16.8. The molecule has 0 bridgehead atoms. The topological polar surface area (TPSA) is 131 Å². The minimum atomic E-state index is -0.616. The number of nitrogen functional groups attached to an aromatic ring is 1. The molecule has 0 spiro atoms. The van der Waals surface area contributed by atoms with Crippen molar-refractivity contribution in [1.29, 1.82) is 0 Å². The number of nitrogens with two attached hydrogens (primary N) is 2. The fraction of sp³-hybridized carbons (Fsp3) is 0.300. The third-order valence-electron chi connectivity index (χ3n) is 5.08. The monoisotopic (exact) mass is 382 g/mol. The first kappa shape index (κ1) is 19.5. The summed E-state index contributed by atoms with van der Waals surface area (Å²) in [5.74, 6) is 0.450. The molecule has 7 N–H and O–H groups in total. The molecule has 0 atom stereocenters. The second-order valence-electron chi connectivity index (χ2n) is 6.86. The summed E-state index contributed by atoms with van der Waals surface area (Å²) in [5.41, 5.74) is 17.0. The maximum absolute atomic E-state index is 12.3. The number of carbonyl (C=O) groups is 1. The Hall–Kier alpha value is -3.26. The number of nitrogens with one attached hydrogen (secondary N) is 2. The molecule has 8 heteroatoms. The summed E-state index contributed by atoms with van der Waals surface area (Å²) in [7, 11) is 3.63. The van der Waals surface area contributed by atoms with Crippen LogP contribution in [0.3, 0.4) is 0 Å². The van der Waals surface area contributed by atoms with Crippen molar-refractivity contribution in [2.24, 2.45) is 5.73 Å². The molecule has 0 aliphatic rings. The van der Waals surface area contributed by atoms with E-state index in [0.29, 0.717) is 29.0 Å². The van der Waals surface area contributed by atoms with Gasteiger partial charge < -0.3 is 27.2 Å². The van der Waals surface area contributed by atoms with Crippen molar-refractivity contribution < 1.29 is 9.90 Å². The van der Waals surface area contributed by atoms with Crippen LogP contribution in [0.5, 0.6) is 5.75 Å². The number of phenols is 1. The molecule has 28 heavy (non-hydrogen) atoms. The van der Waals surface area contributed by atoms with Crippen molar-refractivity contribution in [2.45, 2.75) is 27.3 Å². The fourth-order valence-corrected chi connectivity index (χ4v) is 3.83. The summed E-state index contributed by atoms with van der Waals surface area (Å²) >= 11 is 0. The second kappa shape index (κ2) is 7.05. The highest BCUT2D eigenvalue weighted by molar-refractivity contribution is 6.13. The number of anilines is 2. The summed E-state index contributed by atoms with van der Waals surface area (Å²) in [6.07, 6.45) is 0. The Bertz CT molecular complexity index is 1100. The average Bonchev–Trinajstić information content (AvgIpc) is 2.95. The molecule has 8 nitrogen and oxygen atoms in total. The molecule has 1 aromatic carbocycles. The fourth-order valence-electron chi connectivity index (χ4n) is 3.83. The van der Waals surface area contributed by atoms with E-state index in [0.717, 1.165) is 22.3 Å². The highest BCUT2D eigenvalue weighted by Crippen LogP contribution is 2.40. The van der Waals surface area contributed by atoms with Gasteiger partial charge in [0.25, 0.3) is 5.91 Å². The number of phenolic OH excluding ortho intramolecular Hbond substituents is 1. The van der Waals surface area contributed by atoms with Gasteiger partial charge in [0.2, 0.25) is 0 Å². The Kier molecular flexibility index (Phi) is 4.91. The van der Waals surface area contributed by atoms with E-state index in [1.54, 1.807) is 13.1 Å². The maximum Gasteiger partial charge on any atom is 0.253 e. The lowest BCUT2D eigenvalue weighted by molar-refractivity contribution is 0.100. The van der Waals surface area contributed by atoms with Gasteiger partial charge in [-0.25, -0.2) is 4.98 Å². The Morgan fingerprint density at radius 1 is 1.25 bits per heavy atom. The normalized spacial score (nSPS) is 11.2. The van der Waals surface area contributed by atoms with Gasteiger partial charge in [-0.05, 0) is 39.4 Å². The molecule has 148 valence electrons. The second-order valence-corrected chi connectivity index (χ2v) is 6.86. The van der Waals surface area contributed by atoms with Gasteiger partial charge in [0, 0.05) is 35.8 Å². The molecule has 0 unspecified atom stereocenters. The number of benzene rings is 1. The van der Waals surface area contributed by atoms with Crippen LogP contribution in [0.1, 0.15) is 32.7 Å². The molecule has 0 saturated carbocycles. The quantitative estimate of drug-likeness (QED) is 0.459. The van der Waals surface area contributed by atoms with Crippen LogP contribution < -0.4 is 22.1 Å². The van der Waals surface area contributed by atoms with Crippen LogP contribution in [0.15, 0.2) is 12.1 Å². The predicted molar refractivity (Wildman–Crippen MR) is 112 cm³/mol. The van der Waals surface area contributed by atoms with Crippen LogP contribution >= 0.6 is 0 Å². The zero-order valence-electron chi connectivity index (χ0n) is 16.8. The third-order valence-corrected chi connectivity index (χ3v) is 5.08. The van der Waals surface area contributed by atoms with Crippen molar-refractivity contribution in [1.82, 2.24) is 14.9 Å². The van der Waals surface area contributed by atoms with Gasteiger partial charge in [0.1, 0.15) is 17.4 Å². The molecule has 0 radical (unpaired) electrons. The number of hydrogen-bond donors (Lipinski definition) is 5. The number of hydrogen-bond acceptors (Lipinski definition) is 6. The first-order valence-corrected chi connectivity index (χ1v) is 8.99. The van der Waals surface area contributed by atoms with Crippen LogP contribution in [0.2, 0.25) is 0 Å². The average molecular weight is 382 g/mol. The number of primary amides is 1. The highest BCUT2D eigenvalue weighted by Gasteiger charge is 2.27. The lowest BCUT2D eigenvalue weighted by atomic mass is 10.1. The van der Waals surface area contributed by atoms with Crippen molar-refractivity contribution in [3.8, 4) is 11.4 Å². The maximum atomic E-state index is 12.3. The zero-order chi connectivity index (χ0) is 20.7. The molecular weight excluding hydrogens is 356 g/mol. The van der Waals surface area contributed by atoms with Gasteiger partial charge in [0.15, 0.2) is 0 Å². The predicted octanol–water partition coefficient (Wildman–Crippen LogP) is 2.10. The minimum absolute atomic E-state index is 0.150. The molecule has 0 fully saturated rings. The lowest BCUT2D eigenvalue weighted by Gasteiger charge is -2.19. The van der Waals surface area contributed by atoms with E-state index in [-0.39, 0.29) is 17.1 Å². The minimum Gasteiger partial charge on any atom is -0.508 e. The van der Waals surface area contributed by atoms with E-state index in [4.69, 9.17) is 11.5 Å². The van der Waals surface area contributed by atoms with Crippen molar-refractivity contribution in [3.05, 3.63) is 40.1 Å². The summed E-state index contributed by atoms with van der Waals surface area (Å²) in [6, 6.07) is 3.46. The highest BCUT2D eigenvalue weighted by atomic mass is 16.3. The number of pyridine rings is 1. The third kappa shape index (κ3) is 2.73. The van der Waals surface area contributed by atoms with Crippen LogP contribution in [0, 0.1) is 20.8 Å². The van der Waals surface area contributed by atoms with Crippen molar-refractivity contribution >= 4 is 28.4 Å².